The lowest BCUT2D eigenvalue weighted by atomic mass is 9.66. The lowest BCUT2D eigenvalue weighted by molar-refractivity contribution is -0.151. The summed E-state index contributed by atoms with van der Waals surface area (Å²) in [5.41, 5.74) is -0.634. The maximum absolute atomic E-state index is 12.1. The number of hydrogen-bond acceptors (Lipinski definition) is 5. The highest BCUT2D eigenvalue weighted by Crippen LogP contribution is 2.49. The Morgan fingerprint density at radius 2 is 2.26 bits per heavy atom. The number of ketones is 2. The molecule has 5 heteroatoms. The molecule has 0 bridgehead atoms. The maximum Gasteiger partial charge on any atom is 0.313 e. The number of hydrogen-bond donors (Lipinski definition) is 1. The van der Waals surface area contributed by atoms with Gasteiger partial charge in [-0.3, -0.25) is 14.4 Å². The van der Waals surface area contributed by atoms with Crippen LogP contribution in [0.4, 0.5) is 0 Å². The van der Waals surface area contributed by atoms with E-state index in [0.29, 0.717) is 19.1 Å². The number of ether oxygens (including phenoxy) is 1. The van der Waals surface area contributed by atoms with Crippen LogP contribution < -0.4 is 0 Å². The van der Waals surface area contributed by atoms with Gasteiger partial charge in [-0.1, -0.05) is 0 Å². The Morgan fingerprint density at radius 1 is 1.53 bits per heavy atom. The standard InChI is InChI=1S/C14H18O5/c1-2-19-13(18)9-6-14(5-3-4-12(14)17)7-11(16)10(9)8-15/h8-9,15H,2-7H2,1H3/b10-8-/t9-,14+/m1/s1. The number of aliphatic hydroxyl groups excluding tert-OH is 1. The minimum absolute atomic E-state index is 0.0622. The van der Waals surface area contributed by atoms with Gasteiger partial charge in [-0.05, 0) is 26.2 Å². The Hall–Kier alpha value is -1.65. The predicted octanol–water partition coefficient (Wildman–Crippen LogP) is 1.71. The van der Waals surface area contributed by atoms with Crippen molar-refractivity contribution in [2.75, 3.05) is 6.61 Å². The zero-order valence-electron chi connectivity index (χ0n) is 11.0. The van der Waals surface area contributed by atoms with Crippen LogP contribution in [0.15, 0.2) is 11.8 Å². The third-order valence-electron chi connectivity index (χ3n) is 4.15. The van der Waals surface area contributed by atoms with Crippen LogP contribution in [0.25, 0.3) is 0 Å². The van der Waals surface area contributed by atoms with E-state index in [2.05, 4.69) is 0 Å². The van der Waals surface area contributed by atoms with Gasteiger partial charge in [0, 0.05) is 23.8 Å². The van der Waals surface area contributed by atoms with Crippen LogP contribution in [-0.4, -0.2) is 29.2 Å². The van der Waals surface area contributed by atoms with Gasteiger partial charge in [0.05, 0.1) is 18.8 Å². The van der Waals surface area contributed by atoms with Gasteiger partial charge in [-0.15, -0.1) is 0 Å². The molecule has 2 fully saturated rings. The Bertz CT molecular complexity index is 451. The van der Waals surface area contributed by atoms with Crippen LogP contribution in [0.2, 0.25) is 0 Å². The minimum atomic E-state index is -0.812. The summed E-state index contributed by atoms with van der Waals surface area (Å²) in [5.74, 6) is -1.60. The van der Waals surface area contributed by atoms with Crippen molar-refractivity contribution in [2.24, 2.45) is 11.3 Å². The van der Waals surface area contributed by atoms with E-state index >= 15 is 0 Å². The highest BCUT2D eigenvalue weighted by atomic mass is 16.5. The molecule has 0 saturated heterocycles. The number of carbonyl (C=O) groups is 3. The van der Waals surface area contributed by atoms with E-state index in [4.69, 9.17) is 4.74 Å². The molecule has 2 atom stereocenters. The second-order valence-corrected chi connectivity index (χ2v) is 5.25. The summed E-state index contributed by atoms with van der Waals surface area (Å²) in [6, 6.07) is 0. The molecule has 0 aromatic rings. The molecule has 0 unspecified atom stereocenters. The van der Waals surface area contributed by atoms with Crippen LogP contribution in [0.3, 0.4) is 0 Å². The SMILES string of the molecule is CCOC(=O)[C@@H]1C[C@@]2(CCCC2=O)CC(=O)/C1=C\O. The van der Waals surface area contributed by atoms with E-state index in [-0.39, 0.29) is 36.6 Å². The molecular formula is C14H18O5. The van der Waals surface area contributed by atoms with Crippen LogP contribution >= 0.6 is 0 Å². The Morgan fingerprint density at radius 3 is 2.79 bits per heavy atom. The third kappa shape index (κ3) is 2.29. The first-order valence-electron chi connectivity index (χ1n) is 6.61. The summed E-state index contributed by atoms with van der Waals surface area (Å²) < 4.78 is 4.95. The molecule has 0 amide bonds. The molecular weight excluding hydrogens is 248 g/mol. The zero-order valence-corrected chi connectivity index (χ0v) is 11.0. The zero-order chi connectivity index (χ0) is 14.0. The first-order chi connectivity index (χ1) is 9.04. The molecule has 2 rings (SSSR count). The normalized spacial score (nSPS) is 33.1. The highest BCUT2D eigenvalue weighted by molar-refractivity contribution is 6.05. The number of esters is 1. The fourth-order valence-electron chi connectivity index (χ4n) is 3.19. The van der Waals surface area contributed by atoms with E-state index < -0.39 is 17.3 Å². The molecule has 5 nitrogen and oxygen atoms in total. The van der Waals surface area contributed by atoms with Crippen molar-refractivity contribution >= 4 is 17.5 Å². The third-order valence-corrected chi connectivity index (χ3v) is 4.15. The van der Waals surface area contributed by atoms with Crippen LogP contribution in [0.5, 0.6) is 0 Å². The topological polar surface area (TPSA) is 80.7 Å². The second-order valence-electron chi connectivity index (χ2n) is 5.25. The quantitative estimate of drug-likeness (QED) is 0.467. The first kappa shape index (κ1) is 13.8. The Balaban J connectivity index is 2.30. The molecule has 2 saturated carbocycles. The predicted molar refractivity (Wildman–Crippen MR) is 66.4 cm³/mol. The maximum atomic E-state index is 12.1. The lowest BCUT2D eigenvalue weighted by Crippen LogP contribution is -2.41. The fourth-order valence-corrected chi connectivity index (χ4v) is 3.19. The number of Topliss-reactive ketones (excluding diaryl/α,β-unsaturated/α-hetero) is 2. The van der Waals surface area contributed by atoms with Crippen molar-refractivity contribution in [2.45, 2.75) is 39.0 Å². The van der Waals surface area contributed by atoms with E-state index in [0.717, 1.165) is 6.42 Å². The van der Waals surface area contributed by atoms with Gasteiger partial charge >= 0.3 is 5.97 Å². The van der Waals surface area contributed by atoms with Gasteiger partial charge in [0.25, 0.3) is 0 Å². The molecule has 0 radical (unpaired) electrons. The van der Waals surface area contributed by atoms with Gasteiger partial charge in [-0.2, -0.15) is 0 Å². The molecule has 0 aromatic carbocycles. The number of carbonyl (C=O) groups excluding carboxylic acids is 3. The van der Waals surface area contributed by atoms with Crippen LogP contribution in [-0.2, 0) is 19.1 Å². The van der Waals surface area contributed by atoms with Crippen molar-refractivity contribution < 1.29 is 24.2 Å². The average molecular weight is 266 g/mol. The smallest absolute Gasteiger partial charge is 0.313 e. The molecule has 0 heterocycles. The van der Waals surface area contributed by atoms with Crippen molar-refractivity contribution in [1.82, 2.24) is 0 Å². The molecule has 19 heavy (non-hydrogen) atoms. The van der Waals surface area contributed by atoms with E-state index in [1.807, 2.05) is 0 Å². The molecule has 2 aliphatic carbocycles. The number of aliphatic hydroxyl groups is 1. The monoisotopic (exact) mass is 266 g/mol. The molecule has 1 N–H and O–H groups in total. The van der Waals surface area contributed by atoms with Crippen molar-refractivity contribution in [3.63, 3.8) is 0 Å². The average Bonchev–Trinajstić information content (AvgIpc) is 2.70. The van der Waals surface area contributed by atoms with Crippen LogP contribution in [0.1, 0.15) is 39.0 Å². The minimum Gasteiger partial charge on any atom is -0.515 e. The second kappa shape index (κ2) is 5.15. The molecule has 2 aliphatic rings. The van der Waals surface area contributed by atoms with Gasteiger partial charge in [-0.25, -0.2) is 0 Å². The van der Waals surface area contributed by atoms with E-state index in [9.17, 15) is 19.5 Å². The van der Waals surface area contributed by atoms with Gasteiger partial charge in [0.2, 0.25) is 0 Å². The summed E-state index contributed by atoms with van der Waals surface area (Å²) in [6.45, 7) is 1.89. The summed E-state index contributed by atoms with van der Waals surface area (Å²) in [4.78, 5) is 36.0. The number of rotatable bonds is 2. The van der Waals surface area contributed by atoms with E-state index in [1.165, 1.54) is 0 Å². The Labute approximate surface area is 111 Å². The largest absolute Gasteiger partial charge is 0.515 e. The summed E-state index contributed by atoms with van der Waals surface area (Å²) in [6.07, 6.45) is 2.96. The Kier molecular flexibility index (Phi) is 3.73. The van der Waals surface area contributed by atoms with E-state index in [1.54, 1.807) is 6.92 Å². The fraction of sp³-hybridized carbons (Fsp3) is 0.643. The molecule has 0 aromatic heterocycles. The molecule has 1 spiro atoms. The first-order valence-corrected chi connectivity index (χ1v) is 6.61. The summed E-state index contributed by atoms with van der Waals surface area (Å²) in [7, 11) is 0. The van der Waals surface area contributed by atoms with Gasteiger partial charge in [0.15, 0.2) is 5.78 Å². The van der Waals surface area contributed by atoms with Crippen LogP contribution in [0, 0.1) is 11.3 Å². The van der Waals surface area contributed by atoms with Gasteiger partial charge < -0.3 is 9.84 Å². The van der Waals surface area contributed by atoms with Crippen molar-refractivity contribution in [3.8, 4) is 0 Å². The molecule has 104 valence electrons. The summed E-state index contributed by atoms with van der Waals surface area (Å²) in [5, 5.41) is 9.17. The van der Waals surface area contributed by atoms with Gasteiger partial charge in [0.1, 0.15) is 5.78 Å². The summed E-state index contributed by atoms with van der Waals surface area (Å²) >= 11 is 0. The lowest BCUT2D eigenvalue weighted by Gasteiger charge is -2.35. The van der Waals surface area contributed by atoms with Crippen molar-refractivity contribution in [3.05, 3.63) is 11.8 Å². The highest BCUT2D eigenvalue weighted by Gasteiger charge is 2.51. The van der Waals surface area contributed by atoms with Crippen molar-refractivity contribution in [1.29, 1.82) is 0 Å². The molecule has 0 aliphatic heterocycles.